The van der Waals surface area contributed by atoms with Gasteiger partial charge >= 0.3 is 6.09 Å². The van der Waals surface area contributed by atoms with Gasteiger partial charge in [-0.3, -0.25) is 0 Å². The number of amides is 1. The molecule has 4 nitrogen and oxygen atoms in total. The van der Waals surface area contributed by atoms with Crippen molar-refractivity contribution in [1.29, 1.82) is 0 Å². The lowest BCUT2D eigenvalue weighted by atomic mass is 9.87. The van der Waals surface area contributed by atoms with Crippen molar-refractivity contribution in [3.8, 4) is 0 Å². The monoisotopic (exact) mass is 431 g/mol. The lowest BCUT2D eigenvalue weighted by Crippen LogP contribution is -2.47. The molecule has 1 saturated heterocycles. The molecule has 0 saturated carbocycles. The summed E-state index contributed by atoms with van der Waals surface area (Å²) in [5.74, 6) is -0.141. The molecule has 1 heterocycles. The van der Waals surface area contributed by atoms with E-state index in [-0.39, 0.29) is 23.9 Å². The Balaban J connectivity index is 1.68. The van der Waals surface area contributed by atoms with Crippen LogP contribution in [0.1, 0.15) is 43.2 Å². The topological polar surface area (TPSA) is 38.8 Å². The predicted molar refractivity (Wildman–Crippen MR) is 118 cm³/mol. The molecule has 2 unspecified atom stereocenters. The number of hydrogen-bond donors (Lipinski definition) is 0. The molecule has 0 N–H and O–H groups in total. The Labute approximate surface area is 182 Å². The number of likely N-dealkylation sites (tertiary alicyclic amines) is 1. The molecule has 2 atom stereocenters. The number of nitrogens with zero attached hydrogens (tertiary/aromatic N) is 1. The minimum atomic E-state index is -0.279. The van der Waals surface area contributed by atoms with Crippen molar-refractivity contribution in [2.24, 2.45) is 0 Å². The molecular formula is C24H30FNO3S. The molecule has 3 rings (SSSR count). The number of rotatable bonds is 8. The van der Waals surface area contributed by atoms with E-state index in [4.69, 9.17) is 9.47 Å². The Bertz CT molecular complexity index is 797. The third-order valence-corrected chi connectivity index (χ3v) is 6.21. The molecule has 6 heteroatoms. The number of halogens is 1. The lowest BCUT2D eigenvalue weighted by molar-refractivity contribution is -0.0239. The molecule has 0 spiro atoms. The van der Waals surface area contributed by atoms with Crippen LogP contribution in [0, 0.1) is 5.82 Å². The fourth-order valence-corrected chi connectivity index (χ4v) is 4.07. The van der Waals surface area contributed by atoms with Gasteiger partial charge in [0.05, 0.1) is 25.9 Å². The zero-order chi connectivity index (χ0) is 21.3. The second-order valence-electron chi connectivity index (χ2n) is 7.56. The van der Waals surface area contributed by atoms with Crippen LogP contribution in [0.15, 0.2) is 53.4 Å². The molecule has 0 aliphatic carbocycles. The number of hydrogen-bond acceptors (Lipinski definition) is 4. The fraction of sp³-hybridized carbons (Fsp3) is 0.458. The summed E-state index contributed by atoms with van der Waals surface area (Å²) in [6, 6.07) is 14.9. The number of ether oxygens (including phenoxy) is 2. The summed E-state index contributed by atoms with van der Waals surface area (Å²) in [4.78, 5) is 15.4. The first-order valence-electron chi connectivity index (χ1n) is 10.5. The predicted octanol–water partition coefficient (Wildman–Crippen LogP) is 5.86. The highest BCUT2D eigenvalue weighted by atomic mass is 32.2. The highest BCUT2D eigenvalue weighted by Gasteiger charge is 2.34. The molecule has 0 aromatic heterocycles. The normalized spacial score (nSPS) is 19.0. The standard InChI is InChI=1S/C24H30FNO3S/c1-3-4-15-28-24(27)26-14-13-22(19-7-9-20(25)10-8-19)23(16-26)29-17-18-5-11-21(30-2)12-6-18/h5-12,22-23H,3-4,13-17H2,1-2H3. The van der Waals surface area contributed by atoms with Crippen molar-refractivity contribution in [2.45, 2.75) is 49.7 Å². The van der Waals surface area contributed by atoms with E-state index in [9.17, 15) is 9.18 Å². The van der Waals surface area contributed by atoms with Crippen LogP contribution in [0.5, 0.6) is 0 Å². The lowest BCUT2D eigenvalue weighted by Gasteiger charge is -2.38. The quantitative estimate of drug-likeness (QED) is 0.388. The SMILES string of the molecule is CCCCOC(=O)N1CCC(c2ccc(F)cc2)C(OCc2ccc(SC)cc2)C1. The first kappa shape index (κ1) is 22.6. The summed E-state index contributed by atoms with van der Waals surface area (Å²) in [5, 5.41) is 0. The van der Waals surface area contributed by atoms with E-state index in [1.54, 1.807) is 16.7 Å². The molecule has 2 aromatic rings. The number of benzene rings is 2. The number of carbonyl (C=O) groups is 1. The van der Waals surface area contributed by atoms with E-state index >= 15 is 0 Å². The molecule has 2 aromatic carbocycles. The zero-order valence-electron chi connectivity index (χ0n) is 17.7. The van der Waals surface area contributed by atoms with Crippen LogP contribution >= 0.6 is 11.8 Å². The Morgan fingerprint density at radius 1 is 1.17 bits per heavy atom. The third kappa shape index (κ3) is 6.22. The van der Waals surface area contributed by atoms with E-state index in [0.29, 0.717) is 26.3 Å². The van der Waals surface area contributed by atoms with E-state index in [1.165, 1.54) is 17.0 Å². The number of carbonyl (C=O) groups excluding carboxylic acids is 1. The van der Waals surface area contributed by atoms with Gasteiger partial charge in [-0.05, 0) is 54.5 Å². The van der Waals surface area contributed by atoms with Crippen molar-refractivity contribution < 1.29 is 18.7 Å². The fourth-order valence-electron chi connectivity index (χ4n) is 3.66. The number of piperidine rings is 1. The molecule has 1 fully saturated rings. The van der Waals surface area contributed by atoms with Crippen LogP contribution in [-0.2, 0) is 16.1 Å². The van der Waals surface area contributed by atoms with E-state index in [0.717, 1.165) is 30.4 Å². The van der Waals surface area contributed by atoms with Crippen LogP contribution in [0.2, 0.25) is 0 Å². The molecule has 30 heavy (non-hydrogen) atoms. The van der Waals surface area contributed by atoms with Crippen molar-refractivity contribution in [3.63, 3.8) is 0 Å². The molecule has 0 radical (unpaired) electrons. The van der Waals surface area contributed by atoms with Gasteiger partial charge in [-0.1, -0.05) is 37.6 Å². The minimum Gasteiger partial charge on any atom is -0.449 e. The van der Waals surface area contributed by atoms with Gasteiger partial charge in [-0.15, -0.1) is 11.8 Å². The first-order chi connectivity index (χ1) is 14.6. The van der Waals surface area contributed by atoms with Gasteiger partial charge in [0.25, 0.3) is 0 Å². The second kappa shape index (κ2) is 11.4. The van der Waals surface area contributed by atoms with E-state index in [1.807, 2.05) is 12.1 Å². The van der Waals surface area contributed by atoms with Crippen molar-refractivity contribution in [3.05, 3.63) is 65.5 Å². The highest BCUT2D eigenvalue weighted by Crippen LogP contribution is 2.31. The smallest absolute Gasteiger partial charge is 0.409 e. The van der Waals surface area contributed by atoms with Crippen LogP contribution in [-0.4, -0.2) is 43.0 Å². The minimum absolute atomic E-state index is 0.107. The summed E-state index contributed by atoms with van der Waals surface area (Å²) in [6.07, 6.45) is 4.20. The third-order valence-electron chi connectivity index (χ3n) is 5.46. The maximum Gasteiger partial charge on any atom is 0.409 e. The van der Waals surface area contributed by atoms with Crippen molar-refractivity contribution in [1.82, 2.24) is 4.90 Å². The summed E-state index contributed by atoms with van der Waals surface area (Å²) in [7, 11) is 0. The maximum absolute atomic E-state index is 13.4. The van der Waals surface area contributed by atoms with Crippen molar-refractivity contribution >= 4 is 17.9 Å². The molecule has 1 amide bonds. The summed E-state index contributed by atoms with van der Waals surface area (Å²) < 4.78 is 25.1. The highest BCUT2D eigenvalue weighted by molar-refractivity contribution is 7.98. The second-order valence-corrected chi connectivity index (χ2v) is 8.44. The number of thioether (sulfide) groups is 1. The van der Waals surface area contributed by atoms with E-state index in [2.05, 4.69) is 37.4 Å². The van der Waals surface area contributed by atoms with Gasteiger partial charge in [0, 0.05) is 17.4 Å². The molecule has 1 aliphatic heterocycles. The van der Waals surface area contributed by atoms with Gasteiger partial charge in [0.1, 0.15) is 5.82 Å². The molecule has 1 aliphatic rings. The van der Waals surface area contributed by atoms with Crippen molar-refractivity contribution in [2.75, 3.05) is 26.0 Å². The average molecular weight is 432 g/mol. The Kier molecular flexibility index (Phi) is 8.58. The number of unbranched alkanes of at least 4 members (excludes halogenated alkanes) is 1. The van der Waals surface area contributed by atoms with Gasteiger partial charge in [0.2, 0.25) is 0 Å². The van der Waals surface area contributed by atoms with Crippen LogP contribution in [0.3, 0.4) is 0 Å². The maximum atomic E-state index is 13.4. The Morgan fingerprint density at radius 3 is 2.57 bits per heavy atom. The van der Waals surface area contributed by atoms with Gasteiger partial charge < -0.3 is 14.4 Å². The summed E-state index contributed by atoms with van der Waals surface area (Å²) in [6.45, 7) is 4.05. The van der Waals surface area contributed by atoms with Gasteiger partial charge in [-0.2, -0.15) is 0 Å². The molecule has 162 valence electrons. The Hall–Kier alpha value is -2.05. The Morgan fingerprint density at radius 2 is 1.90 bits per heavy atom. The molecular weight excluding hydrogens is 401 g/mol. The molecule has 0 bridgehead atoms. The van der Waals surface area contributed by atoms with Gasteiger partial charge in [0.15, 0.2) is 0 Å². The van der Waals surface area contributed by atoms with Crippen LogP contribution in [0.4, 0.5) is 9.18 Å². The summed E-state index contributed by atoms with van der Waals surface area (Å²) in [5.41, 5.74) is 2.13. The van der Waals surface area contributed by atoms with Crippen LogP contribution in [0.25, 0.3) is 0 Å². The summed E-state index contributed by atoms with van der Waals surface area (Å²) >= 11 is 1.70. The van der Waals surface area contributed by atoms with Gasteiger partial charge in [-0.25, -0.2) is 9.18 Å². The first-order valence-corrected chi connectivity index (χ1v) is 11.7. The largest absolute Gasteiger partial charge is 0.449 e. The van der Waals surface area contributed by atoms with Crippen LogP contribution < -0.4 is 0 Å². The van der Waals surface area contributed by atoms with E-state index < -0.39 is 0 Å². The zero-order valence-corrected chi connectivity index (χ0v) is 18.5. The average Bonchev–Trinajstić information content (AvgIpc) is 2.78.